The fourth-order valence-corrected chi connectivity index (χ4v) is 1.75. The summed E-state index contributed by atoms with van der Waals surface area (Å²) in [6.07, 6.45) is 1.41. The standard InChI is InChI=1S/C16H16N2O4/c1-11-4-6-12(7-5-11)9-18-14(19)10-22-16(21)13-3-2-8-17-15(13)20/h2-8H,9-10H2,1H3,(H,17,20)(H,18,19). The molecule has 0 saturated heterocycles. The summed E-state index contributed by atoms with van der Waals surface area (Å²) in [7, 11) is 0. The summed E-state index contributed by atoms with van der Waals surface area (Å²) in [6, 6.07) is 10.6. The summed E-state index contributed by atoms with van der Waals surface area (Å²) < 4.78 is 4.81. The molecular weight excluding hydrogens is 284 g/mol. The van der Waals surface area contributed by atoms with Crippen LogP contribution < -0.4 is 10.9 Å². The number of pyridine rings is 1. The Hall–Kier alpha value is -2.89. The SMILES string of the molecule is Cc1ccc(CNC(=O)COC(=O)c2ccc[nH]c2=O)cc1. The molecule has 2 N–H and O–H groups in total. The number of hydrogen-bond acceptors (Lipinski definition) is 4. The number of aryl methyl sites for hydroxylation is 1. The van der Waals surface area contributed by atoms with E-state index in [0.717, 1.165) is 11.1 Å². The molecule has 0 unspecified atom stereocenters. The number of rotatable bonds is 5. The Kier molecular flexibility index (Phi) is 5.08. The van der Waals surface area contributed by atoms with Crippen molar-refractivity contribution in [3.05, 3.63) is 69.6 Å². The van der Waals surface area contributed by atoms with Gasteiger partial charge in [-0.2, -0.15) is 0 Å². The van der Waals surface area contributed by atoms with Gasteiger partial charge in [0.05, 0.1) is 0 Å². The molecule has 114 valence electrons. The Labute approximate surface area is 127 Å². The minimum Gasteiger partial charge on any atom is -0.452 e. The van der Waals surface area contributed by atoms with Crippen LogP contribution in [-0.2, 0) is 16.1 Å². The van der Waals surface area contributed by atoms with Crippen molar-refractivity contribution in [3.63, 3.8) is 0 Å². The van der Waals surface area contributed by atoms with Gasteiger partial charge in [0.2, 0.25) is 0 Å². The van der Waals surface area contributed by atoms with Crippen LogP contribution in [0.3, 0.4) is 0 Å². The van der Waals surface area contributed by atoms with Crippen LogP contribution in [0.1, 0.15) is 21.5 Å². The highest BCUT2D eigenvalue weighted by Gasteiger charge is 2.13. The van der Waals surface area contributed by atoms with Gasteiger partial charge in [-0.25, -0.2) is 4.79 Å². The summed E-state index contributed by atoms with van der Waals surface area (Å²) in [5, 5.41) is 2.64. The minimum atomic E-state index is -0.827. The smallest absolute Gasteiger partial charge is 0.344 e. The minimum absolute atomic E-state index is 0.131. The summed E-state index contributed by atoms with van der Waals surface area (Å²) in [5.41, 5.74) is 1.41. The molecule has 6 nitrogen and oxygen atoms in total. The molecule has 2 rings (SSSR count). The first-order chi connectivity index (χ1) is 10.6. The topological polar surface area (TPSA) is 88.3 Å². The first-order valence-corrected chi connectivity index (χ1v) is 6.73. The summed E-state index contributed by atoms with van der Waals surface area (Å²) >= 11 is 0. The maximum absolute atomic E-state index is 11.7. The summed E-state index contributed by atoms with van der Waals surface area (Å²) in [5.74, 6) is -1.26. The van der Waals surface area contributed by atoms with E-state index in [2.05, 4.69) is 10.3 Å². The second-order valence-electron chi connectivity index (χ2n) is 4.75. The fraction of sp³-hybridized carbons (Fsp3) is 0.188. The van der Waals surface area contributed by atoms with Gasteiger partial charge in [-0.15, -0.1) is 0 Å². The van der Waals surface area contributed by atoms with E-state index in [1.165, 1.54) is 18.3 Å². The van der Waals surface area contributed by atoms with Gasteiger partial charge in [-0.3, -0.25) is 9.59 Å². The third-order valence-electron chi connectivity index (χ3n) is 2.98. The largest absolute Gasteiger partial charge is 0.452 e. The van der Waals surface area contributed by atoms with Crippen LogP contribution in [0, 0.1) is 6.92 Å². The van der Waals surface area contributed by atoms with Crippen LogP contribution in [-0.4, -0.2) is 23.5 Å². The highest BCUT2D eigenvalue weighted by atomic mass is 16.5. The second-order valence-corrected chi connectivity index (χ2v) is 4.75. The number of carbonyl (C=O) groups is 2. The van der Waals surface area contributed by atoms with Crippen LogP contribution in [0.2, 0.25) is 0 Å². The van der Waals surface area contributed by atoms with E-state index in [4.69, 9.17) is 4.74 Å². The van der Waals surface area contributed by atoms with Crippen LogP contribution in [0.15, 0.2) is 47.4 Å². The van der Waals surface area contributed by atoms with E-state index in [9.17, 15) is 14.4 Å². The predicted octanol–water partition coefficient (Wildman–Crippen LogP) is 1.16. The first kappa shape index (κ1) is 15.5. The molecular formula is C16H16N2O4. The highest BCUT2D eigenvalue weighted by Crippen LogP contribution is 2.02. The lowest BCUT2D eigenvalue weighted by Crippen LogP contribution is -2.29. The van der Waals surface area contributed by atoms with E-state index >= 15 is 0 Å². The molecule has 1 amide bonds. The van der Waals surface area contributed by atoms with Crippen molar-refractivity contribution in [3.8, 4) is 0 Å². The van der Waals surface area contributed by atoms with Gasteiger partial charge < -0.3 is 15.0 Å². The summed E-state index contributed by atoms with van der Waals surface area (Å²) in [4.78, 5) is 37.0. The fourth-order valence-electron chi connectivity index (χ4n) is 1.75. The van der Waals surface area contributed by atoms with Crippen molar-refractivity contribution in [2.75, 3.05) is 6.61 Å². The maximum Gasteiger partial charge on any atom is 0.344 e. The molecule has 0 aliphatic heterocycles. The van der Waals surface area contributed by atoms with Gasteiger partial charge in [0, 0.05) is 12.7 Å². The number of carbonyl (C=O) groups excluding carboxylic acids is 2. The molecule has 6 heteroatoms. The Morgan fingerprint density at radius 1 is 1.18 bits per heavy atom. The van der Waals surface area contributed by atoms with E-state index < -0.39 is 24.0 Å². The second kappa shape index (κ2) is 7.21. The lowest BCUT2D eigenvalue weighted by atomic mass is 10.1. The van der Waals surface area contributed by atoms with Crippen molar-refractivity contribution in [2.45, 2.75) is 13.5 Å². The molecule has 0 fully saturated rings. The summed E-state index contributed by atoms with van der Waals surface area (Å²) in [6.45, 7) is 1.90. The third kappa shape index (κ3) is 4.31. The molecule has 0 radical (unpaired) electrons. The van der Waals surface area contributed by atoms with Gasteiger partial charge >= 0.3 is 5.97 Å². The Bertz CT molecular complexity index is 719. The molecule has 0 atom stereocenters. The van der Waals surface area contributed by atoms with Crippen molar-refractivity contribution in [1.82, 2.24) is 10.3 Å². The molecule has 0 saturated carbocycles. The lowest BCUT2D eigenvalue weighted by molar-refractivity contribution is -0.124. The molecule has 1 aromatic heterocycles. The van der Waals surface area contributed by atoms with E-state index in [1.807, 2.05) is 31.2 Å². The number of amides is 1. The zero-order chi connectivity index (χ0) is 15.9. The number of H-pyrrole nitrogens is 1. The van der Waals surface area contributed by atoms with Gasteiger partial charge in [0.1, 0.15) is 5.56 Å². The number of hydrogen-bond donors (Lipinski definition) is 2. The number of benzene rings is 1. The third-order valence-corrected chi connectivity index (χ3v) is 2.98. The quantitative estimate of drug-likeness (QED) is 0.811. The van der Waals surface area contributed by atoms with Crippen LogP contribution in [0.4, 0.5) is 0 Å². The van der Waals surface area contributed by atoms with E-state index in [0.29, 0.717) is 6.54 Å². The van der Waals surface area contributed by atoms with E-state index in [1.54, 1.807) is 0 Å². The molecule has 22 heavy (non-hydrogen) atoms. The Morgan fingerprint density at radius 2 is 1.91 bits per heavy atom. The monoisotopic (exact) mass is 300 g/mol. The number of aromatic nitrogens is 1. The van der Waals surface area contributed by atoms with Crippen LogP contribution in [0.25, 0.3) is 0 Å². The molecule has 0 aliphatic rings. The molecule has 1 heterocycles. The number of esters is 1. The average molecular weight is 300 g/mol. The normalized spacial score (nSPS) is 10.0. The van der Waals surface area contributed by atoms with Gasteiger partial charge in [-0.05, 0) is 24.6 Å². The predicted molar refractivity (Wildman–Crippen MR) is 80.4 cm³/mol. The highest BCUT2D eigenvalue weighted by molar-refractivity contribution is 5.90. The molecule has 2 aromatic rings. The first-order valence-electron chi connectivity index (χ1n) is 6.73. The van der Waals surface area contributed by atoms with Crippen LogP contribution in [0.5, 0.6) is 0 Å². The van der Waals surface area contributed by atoms with E-state index in [-0.39, 0.29) is 5.56 Å². The zero-order valence-electron chi connectivity index (χ0n) is 12.1. The Morgan fingerprint density at radius 3 is 2.59 bits per heavy atom. The van der Waals surface area contributed by atoms with Crippen molar-refractivity contribution < 1.29 is 14.3 Å². The number of aromatic amines is 1. The maximum atomic E-state index is 11.7. The van der Waals surface area contributed by atoms with Crippen LogP contribution >= 0.6 is 0 Å². The lowest BCUT2D eigenvalue weighted by Gasteiger charge is -2.06. The van der Waals surface area contributed by atoms with Crippen molar-refractivity contribution >= 4 is 11.9 Å². The molecule has 0 aliphatic carbocycles. The number of ether oxygens (including phenoxy) is 1. The van der Waals surface area contributed by atoms with Crippen molar-refractivity contribution in [1.29, 1.82) is 0 Å². The zero-order valence-corrected chi connectivity index (χ0v) is 12.1. The van der Waals surface area contributed by atoms with Gasteiger partial charge in [0.25, 0.3) is 11.5 Å². The molecule has 0 bridgehead atoms. The Balaban J connectivity index is 1.80. The average Bonchev–Trinajstić information content (AvgIpc) is 2.52. The van der Waals surface area contributed by atoms with Gasteiger partial charge in [0.15, 0.2) is 6.61 Å². The molecule has 0 spiro atoms. The molecule has 1 aromatic carbocycles. The van der Waals surface area contributed by atoms with Crippen molar-refractivity contribution in [2.24, 2.45) is 0 Å². The number of nitrogens with one attached hydrogen (secondary N) is 2. The van der Waals surface area contributed by atoms with Gasteiger partial charge in [-0.1, -0.05) is 29.8 Å².